The van der Waals surface area contributed by atoms with Gasteiger partial charge in [0.2, 0.25) is 5.91 Å². The number of benzene rings is 2. The van der Waals surface area contributed by atoms with Gasteiger partial charge in [-0.1, -0.05) is 39.7 Å². The molecule has 2 N–H and O–H groups in total. The quantitative estimate of drug-likeness (QED) is 0.793. The minimum atomic E-state index is -0.0645. The molecule has 1 amide bonds. The van der Waals surface area contributed by atoms with Gasteiger partial charge in [-0.25, -0.2) is 0 Å². The van der Waals surface area contributed by atoms with Crippen molar-refractivity contribution in [2.45, 2.75) is 13.3 Å². The molecule has 0 saturated heterocycles. The van der Waals surface area contributed by atoms with Gasteiger partial charge in [-0.3, -0.25) is 4.79 Å². The molecule has 5 heteroatoms. The second-order valence-corrected chi connectivity index (χ2v) is 5.99. The van der Waals surface area contributed by atoms with Gasteiger partial charge in [0.25, 0.3) is 0 Å². The van der Waals surface area contributed by atoms with E-state index in [0.717, 1.165) is 15.7 Å². The summed E-state index contributed by atoms with van der Waals surface area (Å²) in [5.41, 5.74) is 2.81. The highest BCUT2D eigenvalue weighted by atomic mass is 79.9. The Morgan fingerprint density at radius 1 is 1.19 bits per heavy atom. The van der Waals surface area contributed by atoms with Crippen molar-refractivity contribution in [3.05, 3.63) is 57.5 Å². The monoisotopic (exact) mass is 366 g/mol. The molecule has 0 saturated carbocycles. The van der Waals surface area contributed by atoms with Crippen LogP contribution in [-0.2, 0) is 4.79 Å². The highest BCUT2D eigenvalue weighted by Crippen LogP contribution is 2.21. The first-order valence-electron chi connectivity index (χ1n) is 6.60. The third-order valence-electron chi connectivity index (χ3n) is 3.00. The average molecular weight is 368 g/mol. The SMILES string of the molecule is Cc1cc(Br)ccc1NCCC(=O)Nc1ccccc1Cl. The third kappa shape index (κ3) is 4.76. The van der Waals surface area contributed by atoms with Crippen LogP contribution < -0.4 is 10.6 Å². The molecule has 2 rings (SSSR count). The first-order valence-corrected chi connectivity index (χ1v) is 7.78. The fourth-order valence-corrected chi connectivity index (χ4v) is 2.57. The van der Waals surface area contributed by atoms with Gasteiger partial charge < -0.3 is 10.6 Å². The van der Waals surface area contributed by atoms with Crippen LogP contribution in [0.5, 0.6) is 0 Å². The van der Waals surface area contributed by atoms with E-state index in [2.05, 4.69) is 26.6 Å². The summed E-state index contributed by atoms with van der Waals surface area (Å²) in [6.07, 6.45) is 0.376. The second kappa shape index (κ2) is 7.48. The van der Waals surface area contributed by atoms with Gasteiger partial charge in [0, 0.05) is 23.1 Å². The van der Waals surface area contributed by atoms with E-state index in [1.807, 2.05) is 37.3 Å². The zero-order valence-electron chi connectivity index (χ0n) is 11.6. The van der Waals surface area contributed by atoms with Crippen molar-refractivity contribution in [3.63, 3.8) is 0 Å². The van der Waals surface area contributed by atoms with Crippen LogP contribution in [0.1, 0.15) is 12.0 Å². The summed E-state index contributed by atoms with van der Waals surface area (Å²) >= 11 is 9.43. The molecule has 0 aliphatic carbocycles. The van der Waals surface area contributed by atoms with E-state index in [1.54, 1.807) is 12.1 Å². The van der Waals surface area contributed by atoms with Crippen molar-refractivity contribution in [2.24, 2.45) is 0 Å². The Kier molecular flexibility index (Phi) is 5.65. The number of aryl methyl sites for hydroxylation is 1. The Bertz CT molecular complexity index is 646. The van der Waals surface area contributed by atoms with Crippen molar-refractivity contribution in [2.75, 3.05) is 17.2 Å². The highest BCUT2D eigenvalue weighted by molar-refractivity contribution is 9.10. The van der Waals surface area contributed by atoms with E-state index >= 15 is 0 Å². The molecular formula is C16H16BrClN2O. The number of hydrogen-bond acceptors (Lipinski definition) is 2. The summed E-state index contributed by atoms with van der Waals surface area (Å²) in [6, 6.07) is 13.2. The normalized spacial score (nSPS) is 10.2. The number of halogens is 2. The number of anilines is 2. The van der Waals surface area contributed by atoms with Crippen LogP contribution >= 0.6 is 27.5 Å². The maximum absolute atomic E-state index is 11.9. The van der Waals surface area contributed by atoms with Gasteiger partial charge in [0.15, 0.2) is 0 Å². The fourth-order valence-electron chi connectivity index (χ4n) is 1.91. The first-order chi connectivity index (χ1) is 10.1. The number of hydrogen-bond donors (Lipinski definition) is 2. The summed E-state index contributed by atoms with van der Waals surface area (Å²) in [6.45, 7) is 2.59. The summed E-state index contributed by atoms with van der Waals surface area (Å²) in [5.74, 6) is -0.0645. The Labute approximate surface area is 137 Å². The maximum Gasteiger partial charge on any atom is 0.226 e. The molecular weight excluding hydrogens is 352 g/mol. The number of nitrogens with one attached hydrogen (secondary N) is 2. The Morgan fingerprint density at radius 2 is 1.95 bits per heavy atom. The van der Waals surface area contributed by atoms with Crippen molar-refractivity contribution < 1.29 is 4.79 Å². The van der Waals surface area contributed by atoms with Crippen molar-refractivity contribution in [1.82, 2.24) is 0 Å². The van der Waals surface area contributed by atoms with Gasteiger partial charge in [0.1, 0.15) is 0 Å². The summed E-state index contributed by atoms with van der Waals surface area (Å²) < 4.78 is 1.04. The summed E-state index contributed by atoms with van der Waals surface area (Å²) in [5, 5.41) is 6.60. The number of rotatable bonds is 5. The van der Waals surface area contributed by atoms with Gasteiger partial charge in [-0.05, 0) is 42.8 Å². The molecule has 3 nitrogen and oxygen atoms in total. The third-order valence-corrected chi connectivity index (χ3v) is 3.83. The minimum absolute atomic E-state index is 0.0645. The fraction of sp³-hybridized carbons (Fsp3) is 0.188. The topological polar surface area (TPSA) is 41.1 Å². The largest absolute Gasteiger partial charge is 0.384 e. The molecule has 110 valence electrons. The van der Waals surface area contributed by atoms with E-state index in [4.69, 9.17) is 11.6 Å². The lowest BCUT2D eigenvalue weighted by Crippen LogP contribution is -2.16. The number of carbonyl (C=O) groups excluding carboxylic acids is 1. The van der Waals surface area contributed by atoms with Crippen LogP contribution in [0.25, 0.3) is 0 Å². The maximum atomic E-state index is 11.9. The highest BCUT2D eigenvalue weighted by Gasteiger charge is 2.05. The standard InChI is InChI=1S/C16H16BrClN2O/c1-11-10-12(17)6-7-14(11)19-9-8-16(21)20-15-5-3-2-4-13(15)18/h2-7,10,19H,8-9H2,1H3,(H,20,21). The lowest BCUT2D eigenvalue weighted by Gasteiger charge is -2.10. The van der Waals surface area contributed by atoms with Gasteiger partial charge >= 0.3 is 0 Å². The molecule has 0 aromatic heterocycles. The first kappa shape index (κ1) is 15.9. The lowest BCUT2D eigenvalue weighted by atomic mass is 10.2. The predicted octanol–water partition coefficient (Wildman–Crippen LogP) is 4.85. The van der Waals surface area contributed by atoms with Gasteiger partial charge in [0.05, 0.1) is 10.7 Å². The molecule has 2 aromatic rings. The molecule has 21 heavy (non-hydrogen) atoms. The van der Waals surface area contributed by atoms with Crippen molar-refractivity contribution in [1.29, 1.82) is 0 Å². The van der Waals surface area contributed by atoms with Gasteiger partial charge in [-0.2, -0.15) is 0 Å². The number of para-hydroxylation sites is 1. The molecule has 0 bridgehead atoms. The van der Waals surface area contributed by atoms with Crippen LogP contribution in [0.15, 0.2) is 46.9 Å². The number of amides is 1. The van der Waals surface area contributed by atoms with E-state index in [1.165, 1.54) is 0 Å². The van der Waals surface area contributed by atoms with E-state index in [9.17, 15) is 4.79 Å². The molecule has 0 fully saturated rings. The summed E-state index contributed by atoms with van der Waals surface area (Å²) in [7, 11) is 0. The van der Waals surface area contributed by atoms with Crippen LogP contribution in [-0.4, -0.2) is 12.5 Å². The molecule has 0 aliphatic heterocycles. The average Bonchev–Trinajstić information content (AvgIpc) is 2.44. The molecule has 0 unspecified atom stereocenters. The molecule has 0 aliphatic rings. The predicted molar refractivity (Wildman–Crippen MR) is 92.1 cm³/mol. The van der Waals surface area contributed by atoms with Gasteiger partial charge in [-0.15, -0.1) is 0 Å². The smallest absolute Gasteiger partial charge is 0.226 e. The molecule has 0 radical (unpaired) electrons. The van der Waals surface area contributed by atoms with E-state index in [-0.39, 0.29) is 5.91 Å². The minimum Gasteiger partial charge on any atom is -0.384 e. The molecule has 2 aromatic carbocycles. The van der Waals surface area contributed by atoms with Crippen LogP contribution in [0.4, 0.5) is 11.4 Å². The van der Waals surface area contributed by atoms with E-state index in [0.29, 0.717) is 23.7 Å². The lowest BCUT2D eigenvalue weighted by molar-refractivity contribution is -0.115. The second-order valence-electron chi connectivity index (χ2n) is 4.66. The Hall–Kier alpha value is -1.52. The molecule has 0 spiro atoms. The van der Waals surface area contributed by atoms with Crippen LogP contribution in [0, 0.1) is 6.92 Å². The molecule has 0 heterocycles. The zero-order chi connectivity index (χ0) is 15.2. The summed E-state index contributed by atoms with van der Waals surface area (Å²) in [4.78, 5) is 11.9. The van der Waals surface area contributed by atoms with E-state index < -0.39 is 0 Å². The van der Waals surface area contributed by atoms with Crippen LogP contribution in [0.3, 0.4) is 0 Å². The Morgan fingerprint density at radius 3 is 2.67 bits per heavy atom. The molecule has 0 atom stereocenters. The zero-order valence-corrected chi connectivity index (χ0v) is 14.0. The Balaban J connectivity index is 1.83. The van der Waals surface area contributed by atoms with Crippen LogP contribution in [0.2, 0.25) is 5.02 Å². The van der Waals surface area contributed by atoms with Crippen molar-refractivity contribution in [3.8, 4) is 0 Å². The number of carbonyl (C=O) groups is 1. The van der Waals surface area contributed by atoms with Crippen molar-refractivity contribution >= 4 is 44.8 Å².